The van der Waals surface area contributed by atoms with Gasteiger partial charge in [-0.15, -0.1) is 0 Å². The summed E-state index contributed by atoms with van der Waals surface area (Å²) in [7, 11) is 0. The van der Waals surface area contributed by atoms with Crippen LogP contribution in [-0.2, 0) is 6.54 Å². The van der Waals surface area contributed by atoms with Crippen molar-refractivity contribution >= 4 is 17.5 Å². The standard InChI is InChI=1S/C20H22N4O/c1-3-25-18-7-5-4-6-17(18)23-19-12-13-21-20(24-19)22-14-16-10-8-15(2)9-11-16/h4-13H,3,14H2,1-2H3,(H2,21,22,23,24). The maximum Gasteiger partial charge on any atom is 0.224 e. The van der Waals surface area contributed by atoms with Crippen molar-refractivity contribution in [3.05, 3.63) is 71.9 Å². The first-order valence-electron chi connectivity index (χ1n) is 8.36. The molecule has 1 aromatic heterocycles. The van der Waals surface area contributed by atoms with E-state index in [2.05, 4.69) is 51.8 Å². The van der Waals surface area contributed by atoms with Crippen LogP contribution in [0.3, 0.4) is 0 Å². The van der Waals surface area contributed by atoms with E-state index in [1.807, 2.05) is 37.3 Å². The molecule has 1 heterocycles. The minimum absolute atomic E-state index is 0.583. The van der Waals surface area contributed by atoms with Gasteiger partial charge in [-0.25, -0.2) is 4.98 Å². The highest BCUT2D eigenvalue weighted by Gasteiger charge is 2.05. The summed E-state index contributed by atoms with van der Waals surface area (Å²) in [5, 5.41) is 6.54. The van der Waals surface area contributed by atoms with E-state index in [4.69, 9.17) is 4.74 Å². The molecule has 3 rings (SSSR count). The predicted molar refractivity (Wildman–Crippen MR) is 101 cm³/mol. The van der Waals surface area contributed by atoms with Gasteiger partial charge in [-0.05, 0) is 37.6 Å². The van der Waals surface area contributed by atoms with Crippen LogP contribution >= 0.6 is 0 Å². The summed E-state index contributed by atoms with van der Waals surface area (Å²) >= 11 is 0. The van der Waals surface area contributed by atoms with E-state index in [-0.39, 0.29) is 0 Å². The SMILES string of the molecule is CCOc1ccccc1Nc1ccnc(NCc2ccc(C)cc2)n1. The van der Waals surface area contributed by atoms with Gasteiger partial charge in [0, 0.05) is 12.7 Å². The Labute approximate surface area is 148 Å². The summed E-state index contributed by atoms with van der Waals surface area (Å²) in [6, 6.07) is 18.0. The molecule has 0 aliphatic rings. The zero-order chi connectivity index (χ0) is 17.5. The van der Waals surface area contributed by atoms with E-state index in [9.17, 15) is 0 Å². The van der Waals surface area contributed by atoms with Crippen molar-refractivity contribution in [2.45, 2.75) is 20.4 Å². The topological polar surface area (TPSA) is 59.1 Å². The number of ether oxygens (including phenoxy) is 1. The van der Waals surface area contributed by atoms with Crippen LogP contribution in [0.25, 0.3) is 0 Å². The molecule has 3 aromatic rings. The summed E-state index contributed by atoms with van der Waals surface area (Å²) in [5.41, 5.74) is 3.32. The number of nitrogens with zero attached hydrogens (tertiary/aromatic N) is 2. The Bertz CT molecular complexity index is 818. The van der Waals surface area contributed by atoms with Gasteiger partial charge in [0.05, 0.1) is 12.3 Å². The minimum atomic E-state index is 0.583. The molecule has 0 aliphatic carbocycles. The molecule has 0 amide bonds. The molecule has 0 saturated heterocycles. The lowest BCUT2D eigenvalue weighted by Crippen LogP contribution is -2.05. The van der Waals surface area contributed by atoms with Crippen LogP contribution in [-0.4, -0.2) is 16.6 Å². The van der Waals surface area contributed by atoms with Crippen molar-refractivity contribution in [2.24, 2.45) is 0 Å². The quantitative estimate of drug-likeness (QED) is 0.664. The van der Waals surface area contributed by atoms with E-state index in [1.165, 1.54) is 11.1 Å². The predicted octanol–water partition coefficient (Wildman–Crippen LogP) is 4.54. The second kappa shape index (κ2) is 8.15. The first-order valence-corrected chi connectivity index (χ1v) is 8.36. The normalized spacial score (nSPS) is 10.3. The van der Waals surface area contributed by atoms with Crippen molar-refractivity contribution < 1.29 is 4.74 Å². The summed E-state index contributed by atoms with van der Waals surface area (Å²) in [6.45, 7) is 5.34. The molecule has 0 atom stereocenters. The van der Waals surface area contributed by atoms with Crippen LogP contribution in [0.2, 0.25) is 0 Å². The molecule has 128 valence electrons. The monoisotopic (exact) mass is 334 g/mol. The van der Waals surface area contributed by atoms with Crippen LogP contribution in [0.4, 0.5) is 17.5 Å². The van der Waals surface area contributed by atoms with Gasteiger partial charge in [0.1, 0.15) is 11.6 Å². The van der Waals surface area contributed by atoms with Crippen molar-refractivity contribution in [3.8, 4) is 5.75 Å². The molecule has 0 spiro atoms. The number of anilines is 3. The largest absolute Gasteiger partial charge is 0.492 e. The third-order valence-electron chi connectivity index (χ3n) is 3.68. The number of aryl methyl sites for hydroxylation is 1. The Morgan fingerprint density at radius 3 is 2.60 bits per heavy atom. The molecule has 0 unspecified atom stereocenters. The van der Waals surface area contributed by atoms with Crippen molar-refractivity contribution in [1.29, 1.82) is 0 Å². The van der Waals surface area contributed by atoms with Gasteiger partial charge in [0.25, 0.3) is 0 Å². The fraction of sp³-hybridized carbons (Fsp3) is 0.200. The van der Waals surface area contributed by atoms with Crippen LogP contribution < -0.4 is 15.4 Å². The first kappa shape index (κ1) is 16.8. The molecule has 2 N–H and O–H groups in total. The third-order valence-corrected chi connectivity index (χ3v) is 3.68. The van der Waals surface area contributed by atoms with Gasteiger partial charge in [0.2, 0.25) is 5.95 Å². The van der Waals surface area contributed by atoms with Crippen LogP contribution in [0.1, 0.15) is 18.1 Å². The molecule has 0 fully saturated rings. The highest BCUT2D eigenvalue weighted by Crippen LogP contribution is 2.26. The van der Waals surface area contributed by atoms with E-state index in [0.717, 1.165) is 11.4 Å². The Morgan fingerprint density at radius 2 is 1.80 bits per heavy atom. The number of para-hydroxylation sites is 2. The average Bonchev–Trinajstić information content (AvgIpc) is 2.63. The summed E-state index contributed by atoms with van der Waals surface area (Å²) in [4.78, 5) is 8.79. The van der Waals surface area contributed by atoms with Crippen LogP contribution in [0.15, 0.2) is 60.8 Å². The number of aromatic nitrogens is 2. The summed E-state index contributed by atoms with van der Waals surface area (Å²) < 4.78 is 5.63. The molecule has 5 heteroatoms. The first-order chi connectivity index (χ1) is 12.2. The van der Waals surface area contributed by atoms with Gasteiger partial charge in [0.15, 0.2) is 0 Å². The lowest BCUT2D eigenvalue weighted by atomic mass is 10.1. The van der Waals surface area contributed by atoms with Crippen molar-refractivity contribution in [3.63, 3.8) is 0 Å². The zero-order valence-corrected chi connectivity index (χ0v) is 14.5. The second-order valence-electron chi connectivity index (χ2n) is 5.66. The second-order valence-corrected chi connectivity index (χ2v) is 5.66. The van der Waals surface area contributed by atoms with E-state index in [0.29, 0.717) is 24.9 Å². The molecular formula is C20H22N4O. The van der Waals surface area contributed by atoms with Gasteiger partial charge < -0.3 is 15.4 Å². The highest BCUT2D eigenvalue weighted by molar-refractivity contribution is 5.64. The van der Waals surface area contributed by atoms with Crippen molar-refractivity contribution in [2.75, 3.05) is 17.2 Å². The maximum atomic E-state index is 5.63. The highest BCUT2D eigenvalue weighted by atomic mass is 16.5. The Morgan fingerprint density at radius 1 is 1.00 bits per heavy atom. The van der Waals surface area contributed by atoms with Gasteiger partial charge in [-0.2, -0.15) is 4.98 Å². The van der Waals surface area contributed by atoms with Gasteiger partial charge >= 0.3 is 0 Å². The molecule has 0 bridgehead atoms. The summed E-state index contributed by atoms with van der Waals surface area (Å²) in [6.07, 6.45) is 1.73. The Balaban J connectivity index is 1.68. The minimum Gasteiger partial charge on any atom is -0.492 e. The number of hydrogen-bond donors (Lipinski definition) is 2. The lowest BCUT2D eigenvalue weighted by Gasteiger charge is -2.12. The Hall–Kier alpha value is -3.08. The smallest absolute Gasteiger partial charge is 0.224 e. The molecule has 0 aliphatic heterocycles. The number of benzene rings is 2. The van der Waals surface area contributed by atoms with E-state index < -0.39 is 0 Å². The fourth-order valence-electron chi connectivity index (χ4n) is 2.39. The van der Waals surface area contributed by atoms with E-state index in [1.54, 1.807) is 6.20 Å². The zero-order valence-electron chi connectivity index (χ0n) is 14.5. The van der Waals surface area contributed by atoms with Crippen molar-refractivity contribution in [1.82, 2.24) is 9.97 Å². The summed E-state index contributed by atoms with van der Waals surface area (Å²) in [5.74, 6) is 2.10. The third kappa shape index (κ3) is 4.70. The van der Waals surface area contributed by atoms with E-state index >= 15 is 0 Å². The number of hydrogen-bond acceptors (Lipinski definition) is 5. The molecular weight excluding hydrogens is 312 g/mol. The van der Waals surface area contributed by atoms with Crippen LogP contribution in [0.5, 0.6) is 5.75 Å². The maximum absolute atomic E-state index is 5.63. The lowest BCUT2D eigenvalue weighted by molar-refractivity contribution is 0.342. The van der Waals surface area contributed by atoms with Gasteiger partial charge in [-0.1, -0.05) is 42.0 Å². The van der Waals surface area contributed by atoms with Crippen LogP contribution in [0, 0.1) is 6.92 Å². The molecule has 2 aromatic carbocycles. The fourth-order valence-corrected chi connectivity index (χ4v) is 2.39. The van der Waals surface area contributed by atoms with Gasteiger partial charge in [-0.3, -0.25) is 0 Å². The Kier molecular flexibility index (Phi) is 5.46. The molecule has 0 saturated carbocycles. The number of rotatable bonds is 7. The molecule has 5 nitrogen and oxygen atoms in total. The molecule has 0 radical (unpaired) electrons. The number of nitrogens with one attached hydrogen (secondary N) is 2. The molecule has 25 heavy (non-hydrogen) atoms. The average molecular weight is 334 g/mol.